The summed E-state index contributed by atoms with van der Waals surface area (Å²) in [6.07, 6.45) is 4.82. The van der Waals surface area contributed by atoms with Gasteiger partial charge in [-0.2, -0.15) is 0 Å². The van der Waals surface area contributed by atoms with Crippen molar-refractivity contribution < 1.29 is 14.7 Å². The number of hydrogen-bond donors (Lipinski definition) is 3. The predicted octanol–water partition coefficient (Wildman–Crippen LogP) is 0.859. The Hall–Kier alpha value is -2.74. The zero-order chi connectivity index (χ0) is 15.2. The Morgan fingerprint density at radius 2 is 2.24 bits per heavy atom. The van der Waals surface area contributed by atoms with Crippen LogP contribution in [0, 0.1) is 0 Å². The van der Waals surface area contributed by atoms with Crippen LogP contribution in [0.2, 0.25) is 0 Å². The number of nitrogens with zero attached hydrogens (tertiary/aromatic N) is 1. The fourth-order valence-corrected chi connectivity index (χ4v) is 2.31. The van der Waals surface area contributed by atoms with E-state index >= 15 is 0 Å². The van der Waals surface area contributed by atoms with Crippen molar-refractivity contribution in [3.63, 3.8) is 0 Å². The Balaban J connectivity index is 1.94. The number of aliphatic carboxylic acids is 1. The van der Waals surface area contributed by atoms with Crippen molar-refractivity contribution in [2.24, 2.45) is 0 Å². The van der Waals surface area contributed by atoms with Crippen LogP contribution in [0.1, 0.15) is 20.2 Å². The average Bonchev–Trinajstić information content (AvgIpc) is 2.91. The van der Waals surface area contributed by atoms with Crippen molar-refractivity contribution in [1.29, 1.82) is 0 Å². The molecule has 0 spiro atoms. The summed E-state index contributed by atoms with van der Waals surface area (Å²) in [7, 11) is 0. The molecule has 0 saturated heterocycles. The van der Waals surface area contributed by atoms with Gasteiger partial charge in [0.2, 0.25) is 0 Å². The number of carbonyl (C=O) groups excluding carboxylic acids is 1. The molecule has 108 valence electrons. The van der Waals surface area contributed by atoms with Gasteiger partial charge in [-0.15, -0.1) is 11.3 Å². The molecule has 2 aromatic heterocycles. The molecule has 0 saturated carbocycles. The summed E-state index contributed by atoms with van der Waals surface area (Å²) in [6, 6.07) is 3.57. The average molecular weight is 305 g/mol. The maximum Gasteiger partial charge on any atom is 0.328 e. The van der Waals surface area contributed by atoms with Crippen LogP contribution in [0.3, 0.4) is 0 Å². The number of amides is 1. The van der Waals surface area contributed by atoms with Gasteiger partial charge in [0.05, 0.1) is 12.7 Å². The number of carbonyl (C=O) groups is 2. The number of rotatable bonds is 5. The van der Waals surface area contributed by atoms with Gasteiger partial charge in [0.25, 0.3) is 11.5 Å². The Bertz CT molecular complexity index is 727. The predicted molar refractivity (Wildman–Crippen MR) is 77.0 cm³/mol. The number of nitrogens with one attached hydrogen (secondary N) is 2. The second-order valence-corrected chi connectivity index (χ2v) is 5.15. The SMILES string of the molecule is O=C(O)C=Cc1ccc(CNC(=O)c2c[nH]c(=O)cn2)s1. The van der Waals surface area contributed by atoms with E-state index in [-0.39, 0.29) is 11.3 Å². The Kier molecular flexibility index (Phi) is 4.62. The molecule has 8 heteroatoms. The molecule has 0 aliphatic carbocycles. The summed E-state index contributed by atoms with van der Waals surface area (Å²) in [5, 5.41) is 11.2. The van der Waals surface area contributed by atoms with E-state index in [4.69, 9.17) is 5.11 Å². The lowest BCUT2D eigenvalue weighted by Crippen LogP contribution is -2.24. The molecule has 21 heavy (non-hydrogen) atoms. The van der Waals surface area contributed by atoms with Crippen LogP contribution in [-0.2, 0) is 11.3 Å². The van der Waals surface area contributed by atoms with E-state index in [0.717, 1.165) is 22.0 Å². The monoisotopic (exact) mass is 305 g/mol. The van der Waals surface area contributed by atoms with E-state index in [9.17, 15) is 14.4 Å². The molecule has 0 radical (unpaired) electrons. The molecule has 2 rings (SSSR count). The van der Waals surface area contributed by atoms with Gasteiger partial charge in [-0.05, 0) is 18.2 Å². The van der Waals surface area contributed by atoms with Crippen LogP contribution < -0.4 is 10.9 Å². The molecule has 2 heterocycles. The van der Waals surface area contributed by atoms with Gasteiger partial charge >= 0.3 is 5.97 Å². The first kappa shape index (κ1) is 14.7. The fraction of sp³-hybridized carbons (Fsp3) is 0.0769. The smallest absolute Gasteiger partial charge is 0.328 e. The summed E-state index contributed by atoms with van der Waals surface area (Å²) in [6.45, 7) is 0.297. The van der Waals surface area contributed by atoms with Crippen molar-refractivity contribution >= 4 is 29.3 Å². The van der Waals surface area contributed by atoms with Gasteiger partial charge in [-0.3, -0.25) is 9.59 Å². The van der Waals surface area contributed by atoms with Gasteiger partial charge < -0.3 is 15.4 Å². The minimum atomic E-state index is -1.01. The third-order valence-electron chi connectivity index (χ3n) is 2.40. The molecule has 0 bridgehead atoms. The van der Waals surface area contributed by atoms with Crippen LogP contribution in [0.4, 0.5) is 0 Å². The van der Waals surface area contributed by atoms with Crippen LogP contribution in [0.15, 0.2) is 35.4 Å². The number of carboxylic acid groups (broad SMARTS) is 1. The molecule has 0 atom stereocenters. The lowest BCUT2D eigenvalue weighted by Gasteiger charge is -2.01. The first-order chi connectivity index (χ1) is 10.0. The second kappa shape index (κ2) is 6.62. The van der Waals surface area contributed by atoms with E-state index in [1.165, 1.54) is 23.6 Å². The number of aromatic amines is 1. The minimum Gasteiger partial charge on any atom is -0.478 e. The Morgan fingerprint density at radius 1 is 1.43 bits per heavy atom. The maximum atomic E-state index is 11.8. The number of H-pyrrole nitrogens is 1. The Morgan fingerprint density at radius 3 is 2.90 bits per heavy atom. The lowest BCUT2D eigenvalue weighted by atomic mass is 10.3. The molecule has 0 aliphatic rings. The summed E-state index contributed by atoms with van der Waals surface area (Å²) < 4.78 is 0. The van der Waals surface area contributed by atoms with E-state index in [1.807, 2.05) is 0 Å². The molecule has 3 N–H and O–H groups in total. The normalized spacial score (nSPS) is 10.7. The van der Waals surface area contributed by atoms with Gasteiger partial charge in [-0.25, -0.2) is 9.78 Å². The highest BCUT2D eigenvalue weighted by atomic mass is 32.1. The minimum absolute atomic E-state index is 0.122. The number of hydrogen-bond acceptors (Lipinski definition) is 5. The van der Waals surface area contributed by atoms with Crippen molar-refractivity contribution in [3.05, 3.63) is 56.4 Å². The summed E-state index contributed by atoms with van der Waals surface area (Å²) in [4.78, 5) is 40.8. The molecule has 7 nitrogen and oxygen atoms in total. The first-order valence-corrected chi connectivity index (χ1v) is 6.69. The Labute approximate surface area is 123 Å². The maximum absolute atomic E-state index is 11.8. The summed E-state index contributed by atoms with van der Waals surface area (Å²) in [5.74, 6) is -1.41. The molecule has 0 aliphatic heterocycles. The van der Waals surface area contributed by atoms with E-state index in [2.05, 4.69) is 15.3 Å². The van der Waals surface area contributed by atoms with E-state index in [0.29, 0.717) is 6.54 Å². The molecule has 2 aromatic rings. The van der Waals surface area contributed by atoms with Gasteiger partial charge in [0, 0.05) is 22.0 Å². The topological polar surface area (TPSA) is 112 Å². The molecular weight excluding hydrogens is 294 g/mol. The van der Waals surface area contributed by atoms with E-state index < -0.39 is 11.9 Å². The van der Waals surface area contributed by atoms with Gasteiger partial charge in [0.1, 0.15) is 5.69 Å². The number of aromatic nitrogens is 2. The fourth-order valence-electron chi connectivity index (χ4n) is 1.46. The molecular formula is C13H11N3O4S. The highest BCUT2D eigenvalue weighted by Crippen LogP contribution is 2.17. The van der Waals surface area contributed by atoms with Crippen molar-refractivity contribution in [1.82, 2.24) is 15.3 Å². The van der Waals surface area contributed by atoms with Crippen LogP contribution in [0.25, 0.3) is 6.08 Å². The largest absolute Gasteiger partial charge is 0.478 e. The number of thiophene rings is 1. The zero-order valence-electron chi connectivity index (χ0n) is 10.7. The second-order valence-electron chi connectivity index (χ2n) is 3.95. The summed E-state index contributed by atoms with van der Waals surface area (Å²) in [5.41, 5.74) is -0.253. The van der Waals surface area contributed by atoms with E-state index in [1.54, 1.807) is 12.1 Å². The highest BCUT2D eigenvalue weighted by molar-refractivity contribution is 7.12. The molecule has 0 fully saturated rings. The van der Waals surface area contributed by atoms with Crippen LogP contribution in [-0.4, -0.2) is 27.0 Å². The van der Waals surface area contributed by atoms with Gasteiger partial charge in [-0.1, -0.05) is 0 Å². The highest BCUT2D eigenvalue weighted by Gasteiger charge is 2.07. The van der Waals surface area contributed by atoms with Crippen LogP contribution >= 0.6 is 11.3 Å². The van der Waals surface area contributed by atoms with Gasteiger partial charge in [0.15, 0.2) is 0 Å². The summed E-state index contributed by atoms with van der Waals surface area (Å²) >= 11 is 1.37. The molecule has 0 aromatic carbocycles. The molecule has 0 unspecified atom stereocenters. The zero-order valence-corrected chi connectivity index (χ0v) is 11.5. The van der Waals surface area contributed by atoms with Crippen LogP contribution in [0.5, 0.6) is 0 Å². The quantitative estimate of drug-likeness (QED) is 0.709. The third-order valence-corrected chi connectivity index (χ3v) is 3.45. The first-order valence-electron chi connectivity index (χ1n) is 5.87. The van der Waals surface area contributed by atoms with Crippen molar-refractivity contribution in [3.8, 4) is 0 Å². The third kappa shape index (κ3) is 4.39. The lowest BCUT2D eigenvalue weighted by molar-refractivity contribution is -0.131. The number of carboxylic acids is 1. The molecule has 1 amide bonds. The van der Waals surface area contributed by atoms with Crippen molar-refractivity contribution in [2.75, 3.05) is 0 Å². The van der Waals surface area contributed by atoms with Crippen molar-refractivity contribution in [2.45, 2.75) is 6.54 Å². The standard InChI is InChI=1S/C13H11N3O4S/c17-11-7-14-10(6-15-11)13(20)16-5-9-2-1-8(21-9)3-4-12(18)19/h1-4,6-7H,5H2,(H,15,17)(H,16,20)(H,18,19).